The van der Waals surface area contributed by atoms with Crippen molar-refractivity contribution >= 4 is 17.2 Å². The number of hydrogen-bond donors (Lipinski definition) is 3. The van der Waals surface area contributed by atoms with Gasteiger partial charge in [-0.15, -0.1) is 0 Å². The van der Waals surface area contributed by atoms with Crippen LogP contribution in [0.15, 0.2) is 16.8 Å². The van der Waals surface area contributed by atoms with Crippen LogP contribution in [0, 0.1) is 5.92 Å². The van der Waals surface area contributed by atoms with Gasteiger partial charge >= 0.3 is 0 Å². The summed E-state index contributed by atoms with van der Waals surface area (Å²) in [7, 11) is 0. The van der Waals surface area contributed by atoms with Crippen LogP contribution in [0.3, 0.4) is 0 Å². The average Bonchev–Trinajstić information content (AvgIpc) is 2.87. The van der Waals surface area contributed by atoms with Gasteiger partial charge in [0.2, 0.25) is 5.91 Å². The Balaban J connectivity index is 2.38. The highest BCUT2D eigenvalue weighted by atomic mass is 32.1. The Morgan fingerprint density at radius 1 is 1.65 bits per heavy atom. The maximum absolute atomic E-state index is 11.7. The largest absolute Gasteiger partial charge is 0.387 e. The zero-order valence-electron chi connectivity index (χ0n) is 10.2. The van der Waals surface area contributed by atoms with Crippen LogP contribution in [-0.2, 0) is 4.79 Å². The number of aliphatic hydroxyl groups is 1. The molecule has 0 saturated heterocycles. The van der Waals surface area contributed by atoms with Gasteiger partial charge in [0.15, 0.2) is 0 Å². The SMILES string of the molecule is CC[C@H](C)[C@H](N)C(=O)NCC(O)c1ccsc1. The van der Waals surface area contributed by atoms with Crippen LogP contribution in [-0.4, -0.2) is 23.6 Å². The number of thiophene rings is 1. The first-order valence-corrected chi connectivity index (χ1v) is 6.74. The zero-order valence-corrected chi connectivity index (χ0v) is 11.0. The molecule has 1 amide bonds. The molecule has 0 fully saturated rings. The van der Waals surface area contributed by atoms with Gasteiger partial charge in [0, 0.05) is 6.54 Å². The Morgan fingerprint density at radius 2 is 2.35 bits per heavy atom. The van der Waals surface area contributed by atoms with E-state index in [-0.39, 0.29) is 18.4 Å². The first-order valence-electron chi connectivity index (χ1n) is 5.79. The maximum atomic E-state index is 11.7. The van der Waals surface area contributed by atoms with Gasteiger partial charge in [-0.3, -0.25) is 4.79 Å². The van der Waals surface area contributed by atoms with Gasteiger partial charge in [0.25, 0.3) is 0 Å². The average molecular weight is 256 g/mol. The Kier molecular flexibility index (Phi) is 5.61. The Morgan fingerprint density at radius 3 is 2.88 bits per heavy atom. The lowest BCUT2D eigenvalue weighted by molar-refractivity contribution is -0.123. The zero-order chi connectivity index (χ0) is 12.8. The van der Waals surface area contributed by atoms with Gasteiger partial charge in [-0.2, -0.15) is 11.3 Å². The fraction of sp³-hybridized carbons (Fsp3) is 0.583. The van der Waals surface area contributed by atoms with Crippen molar-refractivity contribution < 1.29 is 9.90 Å². The van der Waals surface area contributed by atoms with Crippen LogP contribution in [0.1, 0.15) is 31.9 Å². The second kappa shape index (κ2) is 6.74. The molecule has 1 heterocycles. The topological polar surface area (TPSA) is 75.4 Å². The third kappa shape index (κ3) is 4.11. The fourth-order valence-corrected chi connectivity index (χ4v) is 2.12. The summed E-state index contributed by atoms with van der Waals surface area (Å²) >= 11 is 1.52. The standard InChI is InChI=1S/C12H20N2O2S/c1-3-8(2)11(13)12(16)14-6-10(15)9-4-5-17-7-9/h4-5,7-8,10-11,15H,3,6,13H2,1-2H3,(H,14,16)/t8-,10?,11-/m0/s1. The van der Waals surface area contributed by atoms with E-state index in [4.69, 9.17) is 5.73 Å². The number of amides is 1. The molecule has 0 aromatic carbocycles. The van der Waals surface area contributed by atoms with Crippen molar-refractivity contribution in [1.82, 2.24) is 5.32 Å². The molecule has 0 aliphatic heterocycles. The van der Waals surface area contributed by atoms with Gasteiger partial charge in [0.1, 0.15) is 0 Å². The first kappa shape index (κ1) is 14.2. The van der Waals surface area contributed by atoms with E-state index >= 15 is 0 Å². The van der Waals surface area contributed by atoms with Crippen molar-refractivity contribution in [2.45, 2.75) is 32.4 Å². The molecular formula is C12H20N2O2S. The minimum atomic E-state index is -0.658. The monoisotopic (exact) mass is 256 g/mol. The van der Waals surface area contributed by atoms with Crippen LogP contribution in [0.5, 0.6) is 0 Å². The Bertz CT molecular complexity index is 340. The molecule has 0 aliphatic rings. The van der Waals surface area contributed by atoms with E-state index in [2.05, 4.69) is 5.32 Å². The summed E-state index contributed by atoms with van der Waals surface area (Å²) in [6, 6.07) is 1.34. The molecule has 17 heavy (non-hydrogen) atoms. The molecule has 1 aromatic rings. The quantitative estimate of drug-likeness (QED) is 0.717. The lowest BCUT2D eigenvalue weighted by Crippen LogP contribution is -2.45. The van der Waals surface area contributed by atoms with E-state index in [1.807, 2.05) is 30.7 Å². The van der Waals surface area contributed by atoms with Crippen molar-refractivity contribution in [3.05, 3.63) is 22.4 Å². The molecule has 5 heteroatoms. The lowest BCUT2D eigenvalue weighted by Gasteiger charge is -2.18. The second-order valence-corrected chi connectivity index (χ2v) is 5.01. The van der Waals surface area contributed by atoms with Crippen LogP contribution in [0.4, 0.5) is 0 Å². The predicted octanol–water partition coefficient (Wildman–Crippen LogP) is 1.27. The predicted molar refractivity (Wildman–Crippen MR) is 69.7 cm³/mol. The van der Waals surface area contributed by atoms with E-state index in [0.29, 0.717) is 0 Å². The summed E-state index contributed by atoms with van der Waals surface area (Å²) in [5, 5.41) is 16.2. The number of rotatable bonds is 6. The Labute approximate surface area is 106 Å². The second-order valence-electron chi connectivity index (χ2n) is 4.23. The summed E-state index contributed by atoms with van der Waals surface area (Å²) in [4.78, 5) is 11.7. The molecule has 0 radical (unpaired) electrons. The summed E-state index contributed by atoms with van der Waals surface area (Å²) < 4.78 is 0. The van der Waals surface area contributed by atoms with Crippen molar-refractivity contribution in [2.24, 2.45) is 11.7 Å². The van der Waals surface area contributed by atoms with E-state index in [1.165, 1.54) is 11.3 Å². The lowest BCUT2D eigenvalue weighted by atomic mass is 9.99. The molecule has 0 aliphatic carbocycles. The van der Waals surface area contributed by atoms with Gasteiger partial charge < -0.3 is 16.2 Å². The van der Waals surface area contributed by atoms with E-state index in [9.17, 15) is 9.90 Å². The fourth-order valence-electron chi connectivity index (χ4n) is 1.41. The molecular weight excluding hydrogens is 236 g/mol. The molecule has 0 bridgehead atoms. The molecule has 0 saturated carbocycles. The normalized spacial score (nSPS) is 16.2. The number of nitrogens with two attached hydrogens (primary N) is 1. The van der Waals surface area contributed by atoms with E-state index in [1.54, 1.807) is 0 Å². The summed E-state index contributed by atoms with van der Waals surface area (Å²) in [6.45, 7) is 4.15. The van der Waals surface area contributed by atoms with Crippen LogP contribution < -0.4 is 11.1 Å². The highest BCUT2D eigenvalue weighted by Gasteiger charge is 2.20. The van der Waals surface area contributed by atoms with Crippen LogP contribution in [0.2, 0.25) is 0 Å². The minimum absolute atomic E-state index is 0.147. The molecule has 1 unspecified atom stereocenters. The number of carbonyl (C=O) groups is 1. The minimum Gasteiger partial charge on any atom is -0.387 e. The smallest absolute Gasteiger partial charge is 0.237 e. The van der Waals surface area contributed by atoms with Crippen molar-refractivity contribution in [3.8, 4) is 0 Å². The van der Waals surface area contributed by atoms with E-state index in [0.717, 1.165) is 12.0 Å². The molecule has 4 N–H and O–H groups in total. The van der Waals surface area contributed by atoms with Crippen LogP contribution >= 0.6 is 11.3 Å². The Hall–Kier alpha value is -0.910. The van der Waals surface area contributed by atoms with Crippen molar-refractivity contribution in [2.75, 3.05) is 6.54 Å². The highest BCUT2D eigenvalue weighted by molar-refractivity contribution is 7.07. The van der Waals surface area contributed by atoms with Crippen LogP contribution in [0.25, 0.3) is 0 Å². The van der Waals surface area contributed by atoms with Gasteiger partial charge in [0.05, 0.1) is 12.1 Å². The van der Waals surface area contributed by atoms with Gasteiger partial charge in [-0.25, -0.2) is 0 Å². The van der Waals surface area contributed by atoms with Crippen molar-refractivity contribution in [3.63, 3.8) is 0 Å². The molecule has 3 atom stereocenters. The summed E-state index contributed by atoms with van der Waals surface area (Å²) in [5.74, 6) is -0.0538. The molecule has 96 valence electrons. The number of aliphatic hydroxyl groups excluding tert-OH is 1. The maximum Gasteiger partial charge on any atom is 0.237 e. The van der Waals surface area contributed by atoms with Gasteiger partial charge in [-0.1, -0.05) is 20.3 Å². The summed E-state index contributed by atoms with van der Waals surface area (Å²) in [5.41, 5.74) is 6.61. The van der Waals surface area contributed by atoms with Crippen molar-refractivity contribution in [1.29, 1.82) is 0 Å². The first-order chi connectivity index (χ1) is 8.06. The van der Waals surface area contributed by atoms with Gasteiger partial charge in [-0.05, 0) is 28.3 Å². The van der Waals surface area contributed by atoms with E-state index < -0.39 is 12.1 Å². The highest BCUT2D eigenvalue weighted by Crippen LogP contribution is 2.15. The molecule has 4 nitrogen and oxygen atoms in total. The summed E-state index contributed by atoms with van der Waals surface area (Å²) in [6.07, 6.45) is 0.205. The molecule has 0 spiro atoms. The number of hydrogen-bond acceptors (Lipinski definition) is 4. The third-order valence-corrected chi connectivity index (χ3v) is 3.66. The number of nitrogens with one attached hydrogen (secondary N) is 1. The molecule has 1 aromatic heterocycles. The third-order valence-electron chi connectivity index (χ3n) is 2.96. The molecule has 1 rings (SSSR count). The number of carbonyl (C=O) groups excluding carboxylic acids is 1.